The summed E-state index contributed by atoms with van der Waals surface area (Å²) >= 11 is 0. The summed E-state index contributed by atoms with van der Waals surface area (Å²) in [6.07, 6.45) is 0.844. The predicted octanol–water partition coefficient (Wildman–Crippen LogP) is 2.05. The molecule has 0 bridgehead atoms. The van der Waals surface area contributed by atoms with E-state index in [2.05, 4.69) is 22.9 Å². The smallest absolute Gasteiger partial charge is 0.335 e. The molecule has 2 atom stereocenters. The molecule has 21 heavy (non-hydrogen) atoms. The van der Waals surface area contributed by atoms with E-state index in [1.54, 1.807) is 0 Å². The van der Waals surface area contributed by atoms with E-state index in [1.165, 1.54) is 6.08 Å². The number of hydrazine groups is 1. The molecule has 2 rings (SSSR count). The van der Waals surface area contributed by atoms with Crippen LogP contribution in [0.25, 0.3) is 0 Å². The summed E-state index contributed by atoms with van der Waals surface area (Å²) in [5, 5.41) is 8.99. The molecular weight excluding hydrogens is 317 g/mol. The van der Waals surface area contributed by atoms with Crippen molar-refractivity contribution in [3.05, 3.63) is 42.5 Å². The van der Waals surface area contributed by atoms with Gasteiger partial charge in [0.25, 0.3) is 0 Å². The number of benzene rings is 1. The highest BCUT2D eigenvalue weighted by molar-refractivity contribution is 5.85. The van der Waals surface area contributed by atoms with Crippen molar-refractivity contribution in [1.29, 1.82) is 0 Å². The van der Waals surface area contributed by atoms with Crippen LogP contribution in [0.3, 0.4) is 0 Å². The fraction of sp³-hybridized carbons (Fsp3) is 0.308. The number of aliphatic carboxylic acids is 1. The number of carboxylic acid groups (broad SMARTS) is 1. The molecule has 0 aromatic heterocycles. The molecule has 8 heteroatoms. The fourth-order valence-electron chi connectivity index (χ4n) is 1.89. The minimum absolute atomic E-state index is 0. The summed E-state index contributed by atoms with van der Waals surface area (Å²) in [5.41, 5.74) is 10.9. The quantitative estimate of drug-likeness (QED) is 0.470. The van der Waals surface area contributed by atoms with Crippen LogP contribution in [0, 0.1) is 0 Å². The van der Waals surface area contributed by atoms with Crippen molar-refractivity contribution in [2.75, 3.05) is 12.0 Å². The number of fused-ring (bicyclic) bond motifs is 1. The maximum Gasteiger partial charge on any atom is 0.335 e. The van der Waals surface area contributed by atoms with E-state index in [0.717, 1.165) is 11.3 Å². The Morgan fingerprint density at radius 2 is 2.24 bits per heavy atom. The van der Waals surface area contributed by atoms with E-state index in [-0.39, 0.29) is 37.3 Å². The van der Waals surface area contributed by atoms with Gasteiger partial charge in [0.05, 0.1) is 11.7 Å². The number of carbonyl (C=O) groups is 1. The molecule has 1 heterocycles. The molecule has 6 nitrogen and oxygen atoms in total. The SMILES string of the molecule is C=CCC(ONC1CNNc2ccccc21)C(=O)O.Cl.Cl. The molecule has 0 saturated carbocycles. The van der Waals surface area contributed by atoms with Gasteiger partial charge in [-0.15, -0.1) is 31.4 Å². The number of hydrogen-bond donors (Lipinski definition) is 4. The van der Waals surface area contributed by atoms with Crippen LogP contribution < -0.4 is 16.3 Å². The molecule has 2 unspecified atom stereocenters. The van der Waals surface area contributed by atoms with Crippen LogP contribution in [0.2, 0.25) is 0 Å². The van der Waals surface area contributed by atoms with Crippen molar-refractivity contribution in [3.8, 4) is 0 Å². The number of hydrogen-bond acceptors (Lipinski definition) is 5. The van der Waals surface area contributed by atoms with Crippen LogP contribution in [0.1, 0.15) is 18.0 Å². The minimum atomic E-state index is -1.01. The zero-order valence-electron chi connectivity index (χ0n) is 11.2. The van der Waals surface area contributed by atoms with Gasteiger partial charge in [-0.2, -0.15) is 5.48 Å². The lowest BCUT2D eigenvalue weighted by Crippen LogP contribution is -2.41. The predicted molar refractivity (Wildman–Crippen MR) is 85.8 cm³/mol. The van der Waals surface area contributed by atoms with Crippen LogP contribution in [-0.4, -0.2) is 23.7 Å². The number of carboxylic acids is 1. The van der Waals surface area contributed by atoms with Gasteiger partial charge in [-0.3, -0.25) is 4.84 Å². The van der Waals surface area contributed by atoms with Gasteiger partial charge in [-0.1, -0.05) is 24.3 Å². The molecule has 1 aliphatic heterocycles. The minimum Gasteiger partial charge on any atom is -0.479 e. The summed E-state index contributed by atoms with van der Waals surface area (Å²) in [5.74, 6) is -1.01. The molecule has 0 fully saturated rings. The first-order valence-electron chi connectivity index (χ1n) is 6.05. The highest BCUT2D eigenvalue weighted by atomic mass is 35.5. The molecule has 118 valence electrons. The topological polar surface area (TPSA) is 82.6 Å². The molecule has 1 aromatic rings. The van der Waals surface area contributed by atoms with Crippen molar-refractivity contribution in [2.45, 2.75) is 18.6 Å². The first-order valence-corrected chi connectivity index (χ1v) is 6.05. The second-order valence-corrected chi connectivity index (χ2v) is 4.23. The Kier molecular flexibility index (Phi) is 9.00. The number of halogens is 2. The van der Waals surface area contributed by atoms with Crippen molar-refractivity contribution < 1.29 is 14.7 Å². The highest BCUT2D eigenvalue weighted by Crippen LogP contribution is 2.25. The zero-order chi connectivity index (χ0) is 13.7. The van der Waals surface area contributed by atoms with Crippen LogP contribution >= 0.6 is 24.8 Å². The summed E-state index contributed by atoms with van der Waals surface area (Å²) in [6.45, 7) is 4.11. The van der Waals surface area contributed by atoms with E-state index in [9.17, 15) is 4.79 Å². The van der Waals surface area contributed by atoms with Crippen LogP contribution in [0.4, 0.5) is 5.69 Å². The molecule has 0 aliphatic carbocycles. The second-order valence-electron chi connectivity index (χ2n) is 4.23. The van der Waals surface area contributed by atoms with Crippen molar-refractivity contribution in [3.63, 3.8) is 0 Å². The third-order valence-electron chi connectivity index (χ3n) is 2.87. The van der Waals surface area contributed by atoms with Gasteiger partial charge in [0.2, 0.25) is 0 Å². The van der Waals surface area contributed by atoms with Gasteiger partial charge in [-0.05, 0) is 11.6 Å². The number of nitrogens with one attached hydrogen (secondary N) is 3. The third-order valence-corrected chi connectivity index (χ3v) is 2.87. The van der Waals surface area contributed by atoms with Gasteiger partial charge in [0, 0.05) is 13.0 Å². The lowest BCUT2D eigenvalue weighted by Gasteiger charge is -2.28. The summed E-state index contributed by atoms with van der Waals surface area (Å²) < 4.78 is 0. The lowest BCUT2D eigenvalue weighted by molar-refractivity contribution is -0.157. The standard InChI is InChI=1S/C13H17N3O3.2ClH/c1-2-5-12(13(17)18)19-16-11-8-14-15-10-7-4-3-6-9(10)11;;/h2-4,6-7,11-12,14-16H,1,5,8H2,(H,17,18);2*1H. The Bertz CT molecular complexity index is 474. The number of hydroxylamine groups is 1. The van der Waals surface area contributed by atoms with E-state index >= 15 is 0 Å². The van der Waals surface area contributed by atoms with Crippen molar-refractivity contribution >= 4 is 36.5 Å². The molecular formula is C13H19Cl2N3O3. The Labute approximate surface area is 135 Å². The van der Waals surface area contributed by atoms with E-state index in [0.29, 0.717) is 6.54 Å². The largest absolute Gasteiger partial charge is 0.479 e. The summed E-state index contributed by atoms with van der Waals surface area (Å²) in [7, 11) is 0. The maximum atomic E-state index is 11.0. The van der Waals surface area contributed by atoms with E-state index in [4.69, 9.17) is 9.94 Å². The normalized spacial score (nSPS) is 17.2. The first-order chi connectivity index (χ1) is 9.22. The van der Waals surface area contributed by atoms with E-state index in [1.807, 2.05) is 24.3 Å². The molecule has 1 aliphatic rings. The molecule has 0 saturated heterocycles. The van der Waals surface area contributed by atoms with Gasteiger partial charge in [0.15, 0.2) is 6.10 Å². The van der Waals surface area contributed by atoms with Gasteiger partial charge in [-0.25, -0.2) is 10.2 Å². The zero-order valence-corrected chi connectivity index (χ0v) is 12.9. The summed E-state index contributed by atoms with van der Waals surface area (Å²) in [6, 6.07) is 7.65. The van der Waals surface area contributed by atoms with Gasteiger partial charge < -0.3 is 10.5 Å². The van der Waals surface area contributed by atoms with Crippen LogP contribution in [0.15, 0.2) is 36.9 Å². The number of para-hydroxylation sites is 1. The average molecular weight is 336 g/mol. The molecule has 4 N–H and O–H groups in total. The first kappa shape index (κ1) is 19.7. The molecule has 0 amide bonds. The highest BCUT2D eigenvalue weighted by Gasteiger charge is 2.23. The Balaban J connectivity index is 0.00000200. The Hall–Kier alpha value is -1.31. The van der Waals surface area contributed by atoms with E-state index < -0.39 is 12.1 Å². The number of anilines is 1. The van der Waals surface area contributed by atoms with Gasteiger partial charge >= 0.3 is 5.97 Å². The molecule has 0 spiro atoms. The van der Waals surface area contributed by atoms with Crippen molar-refractivity contribution in [1.82, 2.24) is 10.9 Å². The second kappa shape index (κ2) is 9.59. The summed E-state index contributed by atoms with van der Waals surface area (Å²) in [4.78, 5) is 16.2. The Morgan fingerprint density at radius 3 is 2.90 bits per heavy atom. The average Bonchev–Trinajstić information content (AvgIpc) is 2.43. The molecule has 1 aromatic carbocycles. The maximum absolute atomic E-state index is 11.0. The molecule has 0 radical (unpaired) electrons. The van der Waals surface area contributed by atoms with Gasteiger partial charge in [0.1, 0.15) is 0 Å². The fourth-order valence-corrected chi connectivity index (χ4v) is 1.89. The van der Waals surface area contributed by atoms with Crippen molar-refractivity contribution in [2.24, 2.45) is 0 Å². The third kappa shape index (κ3) is 5.18. The van der Waals surface area contributed by atoms with Crippen LogP contribution in [0.5, 0.6) is 0 Å². The monoisotopic (exact) mass is 335 g/mol. The number of rotatable bonds is 6. The Morgan fingerprint density at radius 1 is 1.52 bits per heavy atom. The van der Waals surface area contributed by atoms with Crippen LogP contribution in [-0.2, 0) is 9.63 Å². The lowest BCUT2D eigenvalue weighted by atomic mass is 10.0.